The second-order valence-corrected chi connectivity index (χ2v) is 6.49. The summed E-state index contributed by atoms with van der Waals surface area (Å²) in [7, 11) is 1.26. The second kappa shape index (κ2) is 7.84. The Labute approximate surface area is 158 Å². The smallest absolute Gasteiger partial charge is 0.357 e. The van der Waals surface area contributed by atoms with Crippen molar-refractivity contribution < 1.29 is 9.53 Å². The molecule has 3 rings (SSSR count). The molecular formula is C20H21N5O2. The zero-order valence-electron chi connectivity index (χ0n) is 15.2. The number of esters is 1. The summed E-state index contributed by atoms with van der Waals surface area (Å²) in [6, 6.07) is 9.67. The molecule has 1 aliphatic rings. The molecule has 7 nitrogen and oxygen atoms in total. The van der Waals surface area contributed by atoms with Crippen LogP contribution in [0.3, 0.4) is 0 Å². The van der Waals surface area contributed by atoms with Gasteiger partial charge in [0.1, 0.15) is 12.1 Å². The molecule has 1 aromatic heterocycles. The van der Waals surface area contributed by atoms with E-state index in [1.54, 1.807) is 6.07 Å². The van der Waals surface area contributed by atoms with Gasteiger partial charge in [0.05, 0.1) is 29.6 Å². The van der Waals surface area contributed by atoms with E-state index in [9.17, 15) is 15.3 Å². The van der Waals surface area contributed by atoms with E-state index in [0.29, 0.717) is 11.3 Å². The maximum atomic E-state index is 12.2. The molecule has 0 atom stereocenters. The summed E-state index contributed by atoms with van der Waals surface area (Å²) in [6.07, 6.45) is 6.12. The van der Waals surface area contributed by atoms with Gasteiger partial charge in [0.2, 0.25) is 0 Å². The SMILES string of the molecule is COC(=O)c1c(N)c(C#N)cn1-c1ccc(N2CCCCCC2)c(C#N)c1. The summed E-state index contributed by atoms with van der Waals surface area (Å²) >= 11 is 0. The average Bonchev–Trinajstić information content (AvgIpc) is 2.87. The molecule has 0 spiro atoms. The molecule has 0 bridgehead atoms. The van der Waals surface area contributed by atoms with Gasteiger partial charge in [0.25, 0.3) is 0 Å². The molecule has 0 aliphatic carbocycles. The van der Waals surface area contributed by atoms with E-state index in [1.807, 2.05) is 18.2 Å². The quantitative estimate of drug-likeness (QED) is 0.840. The van der Waals surface area contributed by atoms with E-state index < -0.39 is 5.97 Å². The zero-order valence-corrected chi connectivity index (χ0v) is 15.2. The molecule has 2 aromatic rings. The number of nitriles is 2. The lowest BCUT2D eigenvalue weighted by Crippen LogP contribution is -2.24. The third-order valence-corrected chi connectivity index (χ3v) is 4.87. The van der Waals surface area contributed by atoms with Gasteiger partial charge in [-0.15, -0.1) is 0 Å². The molecule has 2 heterocycles. The van der Waals surface area contributed by atoms with Crippen molar-refractivity contribution >= 4 is 17.3 Å². The van der Waals surface area contributed by atoms with Crippen molar-refractivity contribution in [2.45, 2.75) is 25.7 Å². The molecular weight excluding hydrogens is 342 g/mol. The largest absolute Gasteiger partial charge is 0.464 e. The predicted molar refractivity (Wildman–Crippen MR) is 102 cm³/mol. The molecule has 1 saturated heterocycles. The van der Waals surface area contributed by atoms with Gasteiger partial charge in [0.15, 0.2) is 5.69 Å². The van der Waals surface area contributed by atoms with E-state index in [-0.39, 0.29) is 16.9 Å². The number of methoxy groups -OCH3 is 1. The van der Waals surface area contributed by atoms with Gasteiger partial charge in [-0.2, -0.15) is 10.5 Å². The Balaban J connectivity index is 2.08. The van der Waals surface area contributed by atoms with Crippen LogP contribution in [0.5, 0.6) is 0 Å². The van der Waals surface area contributed by atoms with Gasteiger partial charge in [-0.05, 0) is 31.0 Å². The van der Waals surface area contributed by atoms with Crippen molar-refractivity contribution in [2.75, 3.05) is 30.8 Å². The van der Waals surface area contributed by atoms with Crippen LogP contribution < -0.4 is 10.6 Å². The molecule has 0 amide bonds. The van der Waals surface area contributed by atoms with Crippen LogP contribution in [0, 0.1) is 22.7 Å². The number of carbonyl (C=O) groups excluding carboxylic acids is 1. The Kier molecular flexibility index (Phi) is 5.33. The summed E-state index contributed by atoms with van der Waals surface area (Å²) in [5, 5.41) is 18.9. The number of nitrogens with two attached hydrogens (primary N) is 1. The lowest BCUT2D eigenvalue weighted by molar-refractivity contribution is 0.0593. The maximum Gasteiger partial charge on any atom is 0.357 e. The van der Waals surface area contributed by atoms with Crippen LogP contribution in [0.25, 0.3) is 5.69 Å². The average molecular weight is 363 g/mol. The van der Waals surface area contributed by atoms with Crippen molar-refractivity contribution in [3.8, 4) is 17.8 Å². The summed E-state index contributed by atoms with van der Waals surface area (Å²) in [5.41, 5.74) is 8.28. The molecule has 2 N–H and O–H groups in total. The maximum absolute atomic E-state index is 12.2. The Bertz CT molecular complexity index is 941. The number of nitrogens with zero attached hydrogens (tertiary/aromatic N) is 4. The van der Waals surface area contributed by atoms with Crippen LogP contribution in [-0.2, 0) is 4.74 Å². The zero-order chi connectivity index (χ0) is 19.4. The lowest BCUT2D eigenvalue weighted by atomic mass is 10.1. The van der Waals surface area contributed by atoms with E-state index in [1.165, 1.54) is 30.7 Å². The van der Waals surface area contributed by atoms with Crippen LogP contribution >= 0.6 is 0 Å². The summed E-state index contributed by atoms with van der Waals surface area (Å²) in [6.45, 7) is 1.85. The van der Waals surface area contributed by atoms with Gasteiger partial charge < -0.3 is 19.9 Å². The molecule has 1 aliphatic heterocycles. The lowest BCUT2D eigenvalue weighted by Gasteiger charge is -2.24. The van der Waals surface area contributed by atoms with Crippen molar-refractivity contribution in [3.05, 3.63) is 41.2 Å². The number of aromatic nitrogens is 1. The molecule has 0 saturated carbocycles. The highest BCUT2D eigenvalue weighted by molar-refractivity contribution is 5.96. The third-order valence-electron chi connectivity index (χ3n) is 4.87. The molecule has 7 heteroatoms. The first-order valence-corrected chi connectivity index (χ1v) is 8.89. The number of nitrogen functional groups attached to an aromatic ring is 1. The van der Waals surface area contributed by atoms with Crippen LogP contribution in [-0.4, -0.2) is 30.7 Å². The molecule has 1 fully saturated rings. The summed E-state index contributed by atoms with van der Waals surface area (Å²) in [5.74, 6) is -0.635. The standard InChI is InChI=1S/C20H21N5O2/c1-27-20(26)19-18(23)15(12-22)13-25(19)16-6-7-17(14(10-16)11-21)24-8-4-2-3-5-9-24/h6-7,10,13H,2-5,8-9,23H2,1H3. The first kappa shape index (κ1) is 18.3. The van der Waals surface area contributed by atoms with Crippen molar-refractivity contribution in [2.24, 2.45) is 0 Å². The highest BCUT2D eigenvalue weighted by Crippen LogP contribution is 2.29. The Morgan fingerprint density at radius 1 is 1.11 bits per heavy atom. The molecule has 0 radical (unpaired) electrons. The monoisotopic (exact) mass is 363 g/mol. The van der Waals surface area contributed by atoms with Gasteiger partial charge in [-0.1, -0.05) is 12.8 Å². The van der Waals surface area contributed by atoms with Gasteiger partial charge in [-0.3, -0.25) is 0 Å². The first-order chi connectivity index (χ1) is 13.1. The molecule has 27 heavy (non-hydrogen) atoms. The number of ether oxygens (including phenoxy) is 1. The molecule has 1 aromatic carbocycles. The van der Waals surface area contributed by atoms with Crippen LogP contribution in [0.15, 0.2) is 24.4 Å². The van der Waals surface area contributed by atoms with Gasteiger partial charge >= 0.3 is 5.97 Å². The number of carbonyl (C=O) groups is 1. The number of hydrogen-bond donors (Lipinski definition) is 1. The number of hydrogen-bond acceptors (Lipinski definition) is 6. The highest BCUT2D eigenvalue weighted by Gasteiger charge is 2.22. The van der Waals surface area contributed by atoms with E-state index >= 15 is 0 Å². The van der Waals surface area contributed by atoms with Gasteiger partial charge in [-0.25, -0.2) is 4.79 Å². The predicted octanol–water partition coefficient (Wildman–Crippen LogP) is 2.97. The minimum absolute atomic E-state index is 0.0689. The summed E-state index contributed by atoms with van der Waals surface area (Å²) in [4.78, 5) is 14.4. The minimum atomic E-state index is -0.635. The van der Waals surface area contributed by atoms with E-state index in [4.69, 9.17) is 10.5 Å². The fourth-order valence-electron chi connectivity index (χ4n) is 3.47. The van der Waals surface area contributed by atoms with Crippen LogP contribution in [0.4, 0.5) is 11.4 Å². The summed E-state index contributed by atoms with van der Waals surface area (Å²) < 4.78 is 6.31. The minimum Gasteiger partial charge on any atom is -0.464 e. The number of benzene rings is 1. The van der Waals surface area contributed by atoms with E-state index in [0.717, 1.165) is 31.6 Å². The van der Waals surface area contributed by atoms with Gasteiger partial charge in [0, 0.05) is 25.0 Å². The van der Waals surface area contributed by atoms with Crippen LogP contribution in [0.1, 0.15) is 47.3 Å². The fourth-order valence-corrected chi connectivity index (χ4v) is 3.47. The normalized spacial score (nSPS) is 14.1. The highest BCUT2D eigenvalue weighted by atomic mass is 16.5. The Morgan fingerprint density at radius 2 is 1.78 bits per heavy atom. The number of rotatable bonds is 3. The van der Waals surface area contributed by atoms with Crippen molar-refractivity contribution in [3.63, 3.8) is 0 Å². The van der Waals surface area contributed by atoms with Crippen molar-refractivity contribution in [1.82, 2.24) is 4.57 Å². The Morgan fingerprint density at radius 3 is 2.37 bits per heavy atom. The fraction of sp³-hybridized carbons (Fsp3) is 0.350. The Hall–Kier alpha value is -3.45. The third kappa shape index (κ3) is 3.45. The topological polar surface area (TPSA) is 108 Å². The number of anilines is 2. The molecule has 138 valence electrons. The van der Waals surface area contributed by atoms with E-state index in [2.05, 4.69) is 11.0 Å². The first-order valence-electron chi connectivity index (χ1n) is 8.89. The second-order valence-electron chi connectivity index (χ2n) is 6.49. The van der Waals surface area contributed by atoms with Crippen molar-refractivity contribution in [1.29, 1.82) is 10.5 Å². The molecule has 0 unspecified atom stereocenters. The van der Waals surface area contributed by atoms with Crippen LogP contribution in [0.2, 0.25) is 0 Å².